The summed E-state index contributed by atoms with van der Waals surface area (Å²) < 4.78 is 7.78. The number of ether oxygens (including phenoxy) is 1. The minimum atomic E-state index is -0.753. The van der Waals surface area contributed by atoms with E-state index in [9.17, 15) is 9.90 Å². The smallest absolute Gasteiger partial charge is 0.227 e. The number of imidazole rings is 1. The maximum atomic E-state index is 12.9. The second-order valence-electron chi connectivity index (χ2n) is 8.73. The summed E-state index contributed by atoms with van der Waals surface area (Å²) in [7, 11) is 0. The molecule has 5 rings (SSSR count). The molecule has 1 aromatic heterocycles. The van der Waals surface area contributed by atoms with E-state index in [1.165, 1.54) is 0 Å². The number of aromatic nitrogens is 2. The number of hydrogen-bond acceptors (Lipinski definition) is 4. The molecule has 6 nitrogen and oxygen atoms in total. The van der Waals surface area contributed by atoms with Crippen LogP contribution in [0.4, 0.5) is 5.69 Å². The van der Waals surface area contributed by atoms with Gasteiger partial charge < -0.3 is 19.3 Å². The van der Waals surface area contributed by atoms with Gasteiger partial charge in [0.1, 0.15) is 24.3 Å². The third kappa shape index (κ3) is 4.65. The van der Waals surface area contributed by atoms with Gasteiger partial charge in [0, 0.05) is 29.6 Å². The number of aryl methyl sites for hydroxylation is 1. The Hall–Kier alpha value is -3.35. The Kier molecular flexibility index (Phi) is 6.26. The molecule has 2 atom stereocenters. The highest BCUT2D eigenvalue weighted by atomic mass is 35.5. The summed E-state index contributed by atoms with van der Waals surface area (Å²) in [6.45, 7) is 3.03. The van der Waals surface area contributed by atoms with E-state index >= 15 is 0 Å². The number of rotatable bonds is 7. The van der Waals surface area contributed by atoms with Gasteiger partial charge in [0.15, 0.2) is 0 Å². The van der Waals surface area contributed by atoms with E-state index in [0.29, 0.717) is 30.3 Å². The number of amides is 1. The van der Waals surface area contributed by atoms with Crippen molar-refractivity contribution >= 4 is 34.2 Å². The summed E-state index contributed by atoms with van der Waals surface area (Å²) >= 11 is 5.93. The van der Waals surface area contributed by atoms with Crippen molar-refractivity contribution in [2.24, 2.45) is 0 Å². The molecule has 0 radical (unpaired) electrons. The SMILES string of the molecule is Cc1cccc(N2C[C@@H](c3nc4ccccc4n3C[C@H](O)COc3ccc(Cl)cc3)CC2=O)c1. The molecule has 0 unspecified atom stereocenters. The van der Waals surface area contributed by atoms with Crippen molar-refractivity contribution in [2.75, 3.05) is 18.1 Å². The quantitative estimate of drug-likeness (QED) is 0.410. The number of anilines is 1. The monoisotopic (exact) mass is 475 g/mol. The first-order chi connectivity index (χ1) is 16.5. The molecule has 1 aliphatic rings. The number of carbonyl (C=O) groups excluding carboxylic acids is 1. The average Bonchev–Trinajstić information content (AvgIpc) is 3.39. The third-order valence-electron chi connectivity index (χ3n) is 6.14. The number of hydrogen-bond donors (Lipinski definition) is 1. The van der Waals surface area contributed by atoms with Gasteiger partial charge in [-0.05, 0) is 61.0 Å². The Labute approximate surface area is 203 Å². The molecule has 174 valence electrons. The number of nitrogens with zero attached hydrogens (tertiary/aromatic N) is 3. The van der Waals surface area contributed by atoms with Crippen molar-refractivity contribution in [2.45, 2.75) is 31.9 Å². The van der Waals surface area contributed by atoms with Gasteiger partial charge in [-0.3, -0.25) is 4.79 Å². The normalized spacial score (nSPS) is 16.9. The van der Waals surface area contributed by atoms with Crippen LogP contribution in [-0.2, 0) is 11.3 Å². The van der Waals surface area contributed by atoms with Crippen LogP contribution in [0, 0.1) is 6.92 Å². The van der Waals surface area contributed by atoms with Crippen molar-refractivity contribution in [3.63, 3.8) is 0 Å². The van der Waals surface area contributed by atoms with E-state index in [2.05, 4.69) is 0 Å². The Morgan fingerprint density at radius 3 is 2.71 bits per heavy atom. The summed E-state index contributed by atoms with van der Waals surface area (Å²) in [6.07, 6.45) is -0.369. The van der Waals surface area contributed by atoms with Crippen molar-refractivity contribution in [3.8, 4) is 5.75 Å². The predicted octanol–water partition coefficient (Wildman–Crippen LogP) is 4.96. The Bertz CT molecular complexity index is 1320. The topological polar surface area (TPSA) is 67.6 Å². The summed E-state index contributed by atoms with van der Waals surface area (Å²) in [5, 5.41) is 11.4. The van der Waals surface area contributed by atoms with Crippen molar-refractivity contribution in [3.05, 3.63) is 89.2 Å². The maximum Gasteiger partial charge on any atom is 0.227 e. The fraction of sp³-hybridized carbons (Fsp3) is 0.259. The molecular formula is C27H26ClN3O3. The lowest BCUT2D eigenvalue weighted by Crippen LogP contribution is -2.26. The highest BCUT2D eigenvalue weighted by Gasteiger charge is 2.35. The van der Waals surface area contributed by atoms with E-state index in [1.54, 1.807) is 24.3 Å². The van der Waals surface area contributed by atoms with Crippen LogP contribution in [0.5, 0.6) is 5.75 Å². The fourth-order valence-electron chi connectivity index (χ4n) is 4.51. The molecule has 1 saturated heterocycles. The summed E-state index contributed by atoms with van der Waals surface area (Å²) in [4.78, 5) is 19.6. The molecule has 1 fully saturated rings. The predicted molar refractivity (Wildman–Crippen MR) is 134 cm³/mol. The van der Waals surface area contributed by atoms with Crippen LogP contribution in [0.2, 0.25) is 5.02 Å². The molecule has 1 aliphatic heterocycles. The second-order valence-corrected chi connectivity index (χ2v) is 9.17. The number of halogens is 1. The van der Waals surface area contributed by atoms with Gasteiger partial charge in [0.05, 0.1) is 17.6 Å². The van der Waals surface area contributed by atoms with E-state index in [1.807, 2.05) is 64.9 Å². The maximum absolute atomic E-state index is 12.9. The van der Waals surface area contributed by atoms with Crippen molar-refractivity contribution in [1.82, 2.24) is 9.55 Å². The van der Waals surface area contributed by atoms with Crippen LogP contribution in [0.15, 0.2) is 72.8 Å². The zero-order valence-corrected chi connectivity index (χ0v) is 19.7. The number of benzene rings is 3. The summed E-state index contributed by atoms with van der Waals surface area (Å²) in [5.74, 6) is 1.48. The van der Waals surface area contributed by atoms with Gasteiger partial charge in [-0.15, -0.1) is 0 Å². The van der Waals surface area contributed by atoms with E-state index < -0.39 is 6.10 Å². The molecule has 0 spiro atoms. The number of aliphatic hydroxyl groups is 1. The first kappa shape index (κ1) is 22.4. The van der Waals surface area contributed by atoms with E-state index in [0.717, 1.165) is 28.1 Å². The van der Waals surface area contributed by atoms with Gasteiger partial charge in [-0.1, -0.05) is 35.9 Å². The Morgan fingerprint density at radius 2 is 1.91 bits per heavy atom. The Balaban J connectivity index is 1.38. The first-order valence-corrected chi connectivity index (χ1v) is 11.7. The molecule has 4 aromatic rings. The van der Waals surface area contributed by atoms with Gasteiger partial charge >= 0.3 is 0 Å². The van der Waals surface area contributed by atoms with Gasteiger partial charge in [-0.2, -0.15) is 0 Å². The van der Waals surface area contributed by atoms with Crippen molar-refractivity contribution < 1.29 is 14.6 Å². The number of aliphatic hydroxyl groups excluding tert-OH is 1. The number of para-hydroxylation sites is 2. The highest BCUT2D eigenvalue weighted by Crippen LogP contribution is 2.33. The minimum absolute atomic E-state index is 0.0650. The molecule has 0 saturated carbocycles. The molecule has 1 N–H and O–H groups in total. The van der Waals surface area contributed by atoms with Gasteiger partial charge in [0.2, 0.25) is 5.91 Å². The lowest BCUT2D eigenvalue weighted by Gasteiger charge is -2.19. The molecule has 34 heavy (non-hydrogen) atoms. The second kappa shape index (κ2) is 9.49. The minimum Gasteiger partial charge on any atom is -0.491 e. The zero-order valence-electron chi connectivity index (χ0n) is 18.9. The average molecular weight is 476 g/mol. The number of fused-ring (bicyclic) bond motifs is 1. The van der Waals surface area contributed by atoms with Gasteiger partial charge in [-0.25, -0.2) is 4.98 Å². The summed E-state index contributed by atoms with van der Waals surface area (Å²) in [6, 6.07) is 22.9. The Morgan fingerprint density at radius 1 is 1.12 bits per heavy atom. The molecule has 3 aromatic carbocycles. The summed E-state index contributed by atoms with van der Waals surface area (Å²) in [5.41, 5.74) is 3.81. The van der Waals surface area contributed by atoms with Crippen LogP contribution in [0.25, 0.3) is 11.0 Å². The van der Waals surface area contributed by atoms with Crippen LogP contribution in [-0.4, -0.2) is 39.8 Å². The number of carbonyl (C=O) groups is 1. The zero-order chi connectivity index (χ0) is 23.7. The molecular weight excluding hydrogens is 450 g/mol. The van der Waals surface area contributed by atoms with Crippen LogP contribution in [0.1, 0.15) is 23.7 Å². The molecule has 0 aliphatic carbocycles. The van der Waals surface area contributed by atoms with E-state index in [4.69, 9.17) is 21.3 Å². The molecule has 1 amide bonds. The molecule has 7 heteroatoms. The first-order valence-electron chi connectivity index (χ1n) is 11.4. The highest BCUT2D eigenvalue weighted by molar-refractivity contribution is 6.30. The standard InChI is InChI=1S/C27H26ClN3O3/c1-18-5-4-6-21(13-18)30-15-19(14-26(30)33)27-29-24-7-2-3-8-25(24)31(27)16-22(32)17-34-23-11-9-20(28)10-12-23/h2-13,19,22,32H,14-17H2,1H3/t19-,22-/m0/s1. The van der Waals surface area contributed by atoms with Crippen LogP contribution < -0.4 is 9.64 Å². The lowest BCUT2D eigenvalue weighted by molar-refractivity contribution is -0.117. The molecule has 0 bridgehead atoms. The van der Waals surface area contributed by atoms with Crippen molar-refractivity contribution in [1.29, 1.82) is 0 Å². The lowest BCUT2D eigenvalue weighted by atomic mass is 10.1. The van der Waals surface area contributed by atoms with Gasteiger partial charge in [0.25, 0.3) is 0 Å². The largest absolute Gasteiger partial charge is 0.491 e. The van der Waals surface area contributed by atoms with Crippen LogP contribution >= 0.6 is 11.6 Å². The van der Waals surface area contributed by atoms with Crippen LogP contribution in [0.3, 0.4) is 0 Å². The third-order valence-corrected chi connectivity index (χ3v) is 6.39. The van der Waals surface area contributed by atoms with E-state index in [-0.39, 0.29) is 18.4 Å². The molecule has 2 heterocycles. The fourth-order valence-corrected chi connectivity index (χ4v) is 4.64.